The number of carbonyl (C=O) groups excluding carboxylic acids is 1. The zero-order valence-electron chi connectivity index (χ0n) is 16.0. The molecule has 0 aromatic heterocycles. The molecule has 4 nitrogen and oxygen atoms in total. The number of alkyl halides is 2. The molecule has 0 saturated carbocycles. The smallest absolute Gasteiger partial charge is 0.387 e. The Labute approximate surface area is 179 Å². The highest BCUT2D eigenvalue weighted by Gasteiger charge is 2.15. The van der Waals surface area contributed by atoms with Crippen molar-refractivity contribution < 1.29 is 23.0 Å². The first kappa shape index (κ1) is 23.2. The lowest BCUT2D eigenvalue weighted by molar-refractivity contribution is -0.0498. The SMILES string of the molecule is CCCCCCCOc1c(Cl)cc(C(=O)Nc2ccc(OC(F)F)cc2)cc1Cl. The summed E-state index contributed by atoms with van der Waals surface area (Å²) in [7, 11) is 0. The van der Waals surface area contributed by atoms with E-state index in [1.807, 2.05) is 0 Å². The predicted molar refractivity (Wildman–Crippen MR) is 112 cm³/mol. The van der Waals surface area contributed by atoms with E-state index < -0.39 is 12.5 Å². The number of rotatable bonds is 11. The number of hydrogen-bond acceptors (Lipinski definition) is 3. The first-order valence-electron chi connectivity index (χ1n) is 9.38. The fourth-order valence-electron chi connectivity index (χ4n) is 2.63. The van der Waals surface area contributed by atoms with E-state index >= 15 is 0 Å². The van der Waals surface area contributed by atoms with Gasteiger partial charge >= 0.3 is 6.61 Å². The molecule has 0 unspecified atom stereocenters. The van der Waals surface area contributed by atoms with Gasteiger partial charge in [-0.3, -0.25) is 4.79 Å². The fraction of sp³-hybridized carbons (Fsp3) is 0.381. The van der Waals surface area contributed by atoms with E-state index in [2.05, 4.69) is 17.0 Å². The summed E-state index contributed by atoms with van der Waals surface area (Å²) in [6.07, 6.45) is 5.52. The van der Waals surface area contributed by atoms with Gasteiger partial charge in [-0.25, -0.2) is 0 Å². The van der Waals surface area contributed by atoms with Crippen LogP contribution in [0.15, 0.2) is 36.4 Å². The highest BCUT2D eigenvalue weighted by atomic mass is 35.5. The average molecular weight is 446 g/mol. The van der Waals surface area contributed by atoms with Crippen molar-refractivity contribution in [2.75, 3.05) is 11.9 Å². The summed E-state index contributed by atoms with van der Waals surface area (Å²) >= 11 is 12.5. The lowest BCUT2D eigenvalue weighted by Gasteiger charge is -2.12. The van der Waals surface area contributed by atoms with Gasteiger partial charge in [0, 0.05) is 11.3 Å². The average Bonchev–Trinajstić information content (AvgIpc) is 2.67. The Bertz CT molecular complexity index is 778. The molecule has 0 fully saturated rings. The molecule has 0 bridgehead atoms. The molecule has 2 rings (SSSR count). The minimum absolute atomic E-state index is 0.000263. The van der Waals surface area contributed by atoms with Gasteiger partial charge in [0.05, 0.1) is 16.7 Å². The van der Waals surface area contributed by atoms with Crippen LogP contribution in [0.1, 0.15) is 49.4 Å². The number of anilines is 1. The maximum Gasteiger partial charge on any atom is 0.387 e. The Hall–Kier alpha value is -2.05. The number of ether oxygens (including phenoxy) is 2. The summed E-state index contributed by atoms with van der Waals surface area (Å²) in [5.41, 5.74) is 0.666. The zero-order valence-corrected chi connectivity index (χ0v) is 17.5. The molecular weight excluding hydrogens is 423 g/mol. The second kappa shape index (κ2) is 11.8. The first-order valence-corrected chi connectivity index (χ1v) is 10.1. The molecule has 0 atom stereocenters. The van der Waals surface area contributed by atoms with Gasteiger partial charge in [0.25, 0.3) is 5.91 Å². The van der Waals surface area contributed by atoms with Crippen LogP contribution < -0.4 is 14.8 Å². The summed E-state index contributed by atoms with van der Waals surface area (Å²) in [6.45, 7) is -0.247. The van der Waals surface area contributed by atoms with Crippen molar-refractivity contribution in [1.29, 1.82) is 0 Å². The Balaban J connectivity index is 1.95. The molecule has 2 aromatic carbocycles. The quantitative estimate of drug-likeness (QED) is 0.372. The van der Waals surface area contributed by atoms with E-state index in [9.17, 15) is 13.6 Å². The molecule has 1 amide bonds. The Kier molecular flexibility index (Phi) is 9.48. The largest absolute Gasteiger partial charge is 0.490 e. The molecule has 0 spiro atoms. The van der Waals surface area contributed by atoms with Crippen LogP contribution in [0.2, 0.25) is 10.0 Å². The fourth-order valence-corrected chi connectivity index (χ4v) is 3.23. The third kappa shape index (κ3) is 7.71. The highest BCUT2D eigenvalue weighted by molar-refractivity contribution is 6.37. The van der Waals surface area contributed by atoms with Crippen LogP contribution in [0.3, 0.4) is 0 Å². The first-order chi connectivity index (χ1) is 13.9. The van der Waals surface area contributed by atoms with Crippen LogP contribution in [-0.4, -0.2) is 19.1 Å². The van der Waals surface area contributed by atoms with Crippen molar-refractivity contribution in [3.63, 3.8) is 0 Å². The molecule has 0 aliphatic heterocycles. The normalized spacial score (nSPS) is 10.8. The van der Waals surface area contributed by atoms with E-state index in [0.29, 0.717) is 18.0 Å². The molecule has 8 heteroatoms. The number of halogens is 4. The van der Waals surface area contributed by atoms with Crippen molar-refractivity contribution in [2.24, 2.45) is 0 Å². The number of carbonyl (C=O) groups is 1. The molecule has 29 heavy (non-hydrogen) atoms. The lowest BCUT2D eigenvalue weighted by Crippen LogP contribution is -2.12. The zero-order chi connectivity index (χ0) is 21.2. The monoisotopic (exact) mass is 445 g/mol. The minimum atomic E-state index is -2.91. The van der Waals surface area contributed by atoms with Crippen LogP contribution in [0, 0.1) is 0 Å². The van der Waals surface area contributed by atoms with Crippen LogP contribution in [-0.2, 0) is 0 Å². The molecule has 0 saturated heterocycles. The van der Waals surface area contributed by atoms with Gasteiger partial charge in [0.2, 0.25) is 0 Å². The van der Waals surface area contributed by atoms with Crippen molar-refractivity contribution in [2.45, 2.75) is 45.6 Å². The molecular formula is C21H23Cl2F2NO3. The number of benzene rings is 2. The summed E-state index contributed by atoms with van der Waals surface area (Å²) < 4.78 is 34.3. The number of amides is 1. The van der Waals surface area contributed by atoms with Gasteiger partial charge in [-0.2, -0.15) is 8.78 Å². The predicted octanol–water partition coefficient (Wildman–Crippen LogP) is 7.20. The number of nitrogens with one attached hydrogen (secondary N) is 1. The molecule has 1 N–H and O–H groups in total. The Morgan fingerprint density at radius 1 is 1.03 bits per heavy atom. The minimum Gasteiger partial charge on any atom is -0.490 e. The number of unbranched alkanes of at least 4 members (excludes halogenated alkanes) is 4. The second-order valence-electron chi connectivity index (χ2n) is 6.39. The molecule has 0 aliphatic rings. The van der Waals surface area contributed by atoms with Crippen LogP contribution in [0.4, 0.5) is 14.5 Å². The van der Waals surface area contributed by atoms with Crippen LogP contribution in [0.25, 0.3) is 0 Å². The van der Waals surface area contributed by atoms with E-state index in [1.165, 1.54) is 49.2 Å². The molecule has 0 radical (unpaired) electrons. The van der Waals surface area contributed by atoms with Crippen molar-refractivity contribution in [3.8, 4) is 11.5 Å². The van der Waals surface area contributed by atoms with Gasteiger partial charge in [-0.05, 0) is 42.8 Å². The molecule has 0 aliphatic carbocycles. The standard InChI is InChI=1S/C21H23Cl2F2NO3/c1-2-3-4-5-6-11-28-19-17(22)12-14(13-18(19)23)20(27)26-15-7-9-16(10-8-15)29-21(24)25/h7-10,12-13,21H,2-6,11H2,1H3,(H,26,27). The Morgan fingerprint density at radius 3 is 2.24 bits per heavy atom. The Morgan fingerprint density at radius 2 is 1.66 bits per heavy atom. The highest BCUT2D eigenvalue weighted by Crippen LogP contribution is 2.34. The van der Waals surface area contributed by atoms with Gasteiger partial charge in [-0.1, -0.05) is 55.8 Å². The van der Waals surface area contributed by atoms with Crippen molar-refractivity contribution >= 4 is 34.8 Å². The molecule has 158 valence electrons. The second-order valence-corrected chi connectivity index (χ2v) is 7.20. The number of hydrogen-bond donors (Lipinski definition) is 1. The van der Waals surface area contributed by atoms with Gasteiger partial charge in [0.15, 0.2) is 5.75 Å². The van der Waals surface area contributed by atoms with E-state index in [-0.39, 0.29) is 21.4 Å². The summed E-state index contributed by atoms with van der Waals surface area (Å²) in [6, 6.07) is 8.52. The maximum atomic E-state index is 12.4. The van der Waals surface area contributed by atoms with E-state index in [4.69, 9.17) is 27.9 Å². The maximum absolute atomic E-state index is 12.4. The summed E-state index contributed by atoms with van der Waals surface area (Å²) in [4.78, 5) is 12.4. The van der Waals surface area contributed by atoms with Gasteiger partial charge < -0.3 is 14.8 Å². The van der Waals surface area contributed by atoms with Crippen LogP contribution in [0.5, 0.6) is 11.5 Å². The van der Waals surface area contributed by atoms with Gasteiger partial charge in [0.1, 0.15) is 5.75 Å². The third-order valence-corrected chi connectivity index (χ3v) is 4.65. The van der Waals surface area contributed by atoms with Crippen molar-refractivity contribution in [1.82, 2.24) is 0 Å². The lowest BCUT2D eigenvalue weighted by atomic mass is 10.1. The summed E-state index contributed by atoms with van der Waals surface area (Å²) in [5, 5.41) is 3.14. The van der Waals surface area contributed by atoms with E-state index in [1.54, 1.807) is 0 Å². The van der Waals surface area contributed by atoms with E-state index in [0.717, 1.165) is 19.3 Å². The van der Waals surface area contributed by atoms with Crippen LogP contribution >= 0.6 is 23.2 Å². The summed E-state index contributed by atoms with van der Waals surface area (Å²) in [5.74, 6) is -0.0865. The molecule has 0 heterocycles. The van der Waals surface area contributed by atoms with Crippen molar-refractivity contribution in [3.05, 3.63) is 52.0 Å². The molecule has 2 aromatic rings. The van der Waals surface area contributed by atoms with Gasteiger partial charge in [-0.15, -0.1) is 0 Å². The topological polar surface area (TPSA) is 47.6 Å². The third-order valence-electron chi connectivity index (χ3n) is 4.09.